The van der Waals surface area contributed by atoms with Crippen molar-refractivity contribution >= 4 is 17.5 Å². The Bertz CT molecular complexity index is 761. The molecule has 0 aromatic heterocycles. The molecule has 2 saturated heterocycles. The number of anilines is 1. The molecule has 0 saturated carbocycles. The number of hydrogen-bond acceptors (Lipinski definition) is 4. The molecule has 166 valence electrons. The summed E-state index contributed by atoms with van der Waals surface area (Å²) in [5, 5.41) is 2.86. The first kappa shape index (κ1) is 22.6. The van der Waals surface area contributed by atoms with Crippen LogP contribution in [0.4, 0.5) is 18.9 Å². The van der Waals surface area contributed by atoms with E-state index in [9.17, 15) is 22.8 Å². The highest BCUT2D eigenvalue weighted by Gasteiger charge is 2.36. The number of carbonyl (C=O) groups excluding carboxylic acids is 2. The first-order valence-corrected chi connectivity index (χ1v) is 10.3. The van der Waals surface area contributed by atoms with Gasteiger partial charge < -0.3 is 15.0 Å². The smallest absolute Gasteiger partial charge is 0.373 e. The molecule has 1 aromatic rings. The highest BCUT2D eigenvalue weighted by Crippen LogP contribution is 2.33. The minimum atomic E-state index is -4.48. The lowest BCUT2D eigenvalue weighted by molar-refractivity contribution is -0.137. The summed E-state index contributed by atoms with van der Waals surface area (Å²) in [5.74, 6) is -1.14. The first-order valence-electron chi connectivity index (χ1n) is 10.3. The third-order valence-corrected chi connectivity index (χ3v) is 5.43. The molecule has 0 unspecified atom stereocenters. The number of rotatable bonds is 6. The molecule has 9 heteroatoms. The number of hydrogen-bond donors (Lipinski definition) is 1. The minimum absolute atomic E-state index is 0.000568. The molecule has 0 radical (unpaired) electrons. The molecule has 2 aliphatic heterocycles. The number of benzene rings is 1. The van der Waals surface area contributed by atoms with Gasteiger partial charge in [-0.1, -0.05) is 6.07 Å². The van der Waals surface area contributed by atoms with Crippen molar-refractivity contribution in [1.82, 2.24) is 10.2 Å². The fourth-order valence-corrected chi connectivity index (χ4v) is 4.11. The molecular weight excluding hydrogens is 399 g/mol. The van der Waals surface area contributed by atoms with Crippen LogP contribution in [0.1, 0.15) is 32.3 Å². The van der Waals surface area contributed by atoms with Gasteiger partial charge in [0.1, 0.15) is 0 Å². The quantitative estimate of drug-likeness (QED) is 0.710. The molecular formula is C21H28F3N3O3. The minimum Gasteiger partial charge on any atom is -0.373 e. The lowest BCUT2D eigenvalue weighted by Gasteiger charge is -2.35. The number of halogens is 3. The summed E-state index contributed by atoms with van der Waals surface area (Å²) in [6, 6.07) is 4.64. The van der Waals surface area contributed by atoms with Crippen molar-refractivity contribution in [2.75, 3.05) is 37.6 Å². The van der Waals surface area contributed by atoms with Crippen molar-refractivity contribution in [3.63, 3.8) is 0 Å². The molecule has 1 aromatic carbocycles. The van der Waals surface area contributed by atoms with Gasteiger partial charge in [0.15, 0.2) is 0 Å². The second-order valence-electron chi connectivity index (χ2n) is 8.11. The third kappa shape index (κ3) is 5.72. The second-order valence-corrected chi connectivity index (χ2v) is 8.11. The summed E-state index contributed by atoms with van der Waals surface area (Å²) in [7, 11) is 0. The van der Waals surface area contributed by atoms with Crippen molar-refractivity contribution < 1.29 is 27.5 Å². The first-order chi connectivity index (χ1) is 14.1. The predicted molar refractivity (Wildman–Crippen MR) is 106 cm³/mol. The molecule has 2 heterocycles. The van der Waals surface area contributed by atoms with Crippen LogP contribution in [-0.4, -0.2) is 61.6 Å². The number of nitrogens with zero attached hydrogens (tertiary/aromatic N) is 2. The fourth-order valence-electron chi connectivity index (χ4n) is 4.11. The van der Waals surface area contributed by atoms with Gasteiger partial charge in [0.05, 0.1) is 23.7 Å². The molecule has 6 nitrogen and oxygen atoms in total. The Kier molecular flexibility index (Phi) is 7.02. The van der Waals surface area contributed by atoms with E-state index in [1.54, 1.807) is 0 Å². The van der Waals surface area contributed by atoms with Crippen LogP contribution >= 0.6 is 0 Å². The summed E-state index contributed by atoms with van der Waals surface area (Å²) >= 11 is 0. The molecule has 2 fully saturated rings. The summed E-state index contributed by atoms with van der Waals surface area (Å²) < 4.78 is 44.5. The SMILES string of the molecule is C[C@@H]1CN(CCCNC(=O)[C@H]2CC(=O)N(c3cccc(C(F)(F)F)c3)C2)C[C@H](C)O1. The fraction of sp³-hybridized carbons (Fsp3) is 0.619. The number of amides is 2. The van der Waals surface area contributed by atoms with Crippen molar-refractivity contribution in [1.29, 1.82) is 0 Å². The number of carbonyl (C=O) groups is 2. The molecule has 0 bridgehead atoms. The standard InChI is InChI=1S/C21H28F3N3O3/c1-14-11-26(12-15(2)30-14)8-4-7-25-20(29)16-9-19(28)27(13-16)18-6-3-5-17(10-18)21(22,23)24/h3,5-6,10,14-16H,4,7-9,11-13H2,1-2H3,(H,25,29)/t14-,15+,16-/m0/s1. The molecule has 3 rings (SSSR count). The number of alkyl halides is 3. The van der Waals surface area contributed by atoms with Gasteiger partial charge in [0, 0.05) is 44.8 Å². The Labute approximate surface area is 174 Å². The monoisotopic (exact) mass is 427 g/mol. The van der Waals surface area contributed by atoms with E-state index in [-0.39, 0.29) is 42.7 Å². The second kappa shape index (κ2) is 9.34. The van der Waals surface area contributed by atoms with Gasteiger partial charge in [0.2, 0.25) is 11.8 Å². The maximum Gasteiger partial charge on any atom is 0.416 e. The van der Waals surface area contributed by atoms with Gasteiger partial charge in [-0.15, -0.1) is 0 Å². The zero-order valence-corrected chi connectivity index (χ0v) is 17.2. The van der Waals surface area contributed by atoms with Gasteiger partial charge in [-0.25, -0.2) is 0 Å². The van der Waals surface area contributed by atoms with Gasteiger partial charge in [-0.05, 0) is 38.5 Å². The third-order valence-electron chi connectivity index (χ3n) is 5.43. The van der Waals surface area contributed by atoms with E-state index in [4.69, 9.17) is 4.74 Å². The number of morpholine rings is 1. The van der Waals surface area contributed by atoms with Gasteiger partial charge in [0.25, 0.3) is 0 Å². The topological polar surface area (TPSA) is 61.9 Å². The molecule has 2 aliphatic rings. The summed E-state index contributed by atoms with van der Waals surface area (Å²) in [4.78, 5) is 28.3. The van der Waals surface area contributed by atoms with Crippen molar-refractivity contribution in [2.24, 2.45) is 5.92 Å². The van der Waals surface area contributed by atoms with Crippen molar-refractivity contribution in [2.45, 2.75) is 45.1 Å². The van der Waals surface area contributed by atoms with E-state index in [1.165, 1.54) is 17.0 Å². The molecule has 1 N–H and O–H groups in total. The van der Waals surface area contributed by atoms with E-state index in [1.807, 2.05) is 13.8 Å². The highest BCUT2D eigenvalue weighted by atomic mass is 19.4. The maximum atomic E-state index is 12.9. The highest BCUT2D eigenvalue weighted by molar-refractivity contribution is 6.00. The molecule has 0 spiro atoms. The Morgan fingerprint density at radius 3 is 2.57 bits per heavy atom. The van der Waals surface area contributed by atoms with Crippen LogP contribution < -0.4 is 10.2 Å². The Hall–Kier alpha value is -2.13. The Balaban J connectivity index is 1.47. The van der Waals surface area contributed by atoms with Crippen molar-refractivity contribution in [3.8, 4) is 0 Å². The average Bonchev–Trinajstić information content (AvgIpc) is 3.05. The van der Waals surface area contributed by atoms with E-state index in [2.05, 4.69) is 10.2 Å². The number of ether oxygens (including phenoxy) is 1. The Morgan fingerprint density at radius 2 is 1.90 bits per heavy atom. The van der Waals surface area contributed by atoms with Crippen LogP contribution in [0.2, 0.25) is 0 Å². The summed E-state index contributed by atoms with van der Waals surface area (Å²) in [5.41, 5.74) is -0.645. The van der Waals surface area contributed by atoms with Crippen LogP contribution in [-0.2, 0) is 20.5 Å². The maximum absolute atomic E-state index is 12.9. The van der Waals surface area contributed by atoms with Crippen LogP contribution in [0, 0.1) is 5.92 Å². The van der Waals surface area contributed by atoms with E-state index in [0.29, 0.717) is 6.54 Å². The normalized spacial score (nSPS) is 25.6. The Morgan fingerprint density at radius 1 is 1.20 bits per heavy atom. The predicted octanol–water partition coefficient (Wildman–Crippen LogP) is 2.67. The lowest BCUT2D eigenvalue weighted by Crippen LogP contribution is -2.46. The van der Waals surface area contributed by atoms with Crippen molar-refractivity contribution in [3.05, 3.63) is 29.8 Å². The lowest BCUT2D eigenvalue weighted by atomic mass is 10.1. The zero-order valence-electron chi connectivity index (χ0n) is 17.2. The van der Waals surface area contributed by atoms with Gasteiger partial charge in [-0.2, -0.15) is 13.2 Å². The molecule has 30 heavy (non-hydrogen) atoms. The van der Waals surface area contributed by atoms with Crippen LogP contribution in [0.15, 0.2) is 24.3 Å². The molecule has 3 atom stereocenters. The number of nitrogens with one attached hydrogen (secondary N) is 1. The van der Waals surface area contributed by atoms with Crippen LogP contribution in [0.25, 0.3) is 0 Å². The largest absolute Gasteiger partial charge is 0.416 e. The average molecular weight is 427 g/mol. The summed E-state index contributed by atoms with van der Waals surface area (Å²) in [6.07, 6.45) is -3.32. The van der Waals surface area contributed by atoms with Gasteiger partial charge in [-0.3, -0.25) is 14.5 Å². The summed E-state index contributed by atoms with van der Waals surface area (Å²) in [6.45, 7) is 7.23. The van der Waals surface area contributed by atoms with Crippen LogP contribution in [0.3, 0.4) is 0 Å². The van der Waals surface area contributed by atoms with E-state index >= 15 is 0 Å². The van der Waals surface area contributed by atoms with E-state index in [0.717, 1.165) is 38.2 Å². The van der Waals surface area contributed by atoms with E-state index < -0.39 is 17.7 Å². The van der Waals surface area contributed by atoms with Crippen LogP contribution in [0.5, 0.6) is 0 Å². The zero-order chi connectivity index (χ0) is 21.9. The molecule has 0 aliphatic carbocycles. The molecule has 2 amide bonds. The van der Waals surface area contributed by atoms with Gasteiger partial charge >= 0.3 is 6.18 Å².